The van der Waals surface area contributed by atoms with Crippen LogP contribution in [0.15, 0.2) is 47.8 Å². The molecule has 0 aromatic carbocycles. The largest absolute Gasteiger partial charge is 0.433 e. The average Bonchev–Trinajstić information content (AvgIpc) is 2.73. The van der Waals surface area contributed by atoms with Crippen molar-refractivity contribution >= 4 is 16.9 Å². The molecule has 4 heterocycles. The summed E-state index contributed by atoms with van der Waals surface area (Å²) in [6.45, 7) is 0.754. The zero-order valence-corrected chi connectivity index (χ0v) is 15.1. The lowest BCUT2D eigenvalue weighted by Crippen LogP contribution is -2.41. The minimum atomic E-state index is -4.55. The zero-order valence-electron chi connectivity index (χ0n) is 15.1. The molecular formula is C19H16F3N5O2. The summed E-state index contributed by atoms with van der Waals surface area (Å²) in [5, 5.41) is 0.435. The van der Waals surface area contributed by atoms with Crippen LogP contribution in [0.4, 0.5) is 13.2 Å². The van der Waals surface area contributed by atoms with Crippen LogP contribution >= 0.6 is 0 Å². The van der Waals surface area contributed by atoms with Gasteiger partial charge in [0.15, 0.2) is 5.65 Å². The van der Waals surface area contributed by atoms with E-state index in [9.17, 15) is 22.8 Å². The normalized spacial score (nSPS) is 15.6. The van der Waals surface area contributed by atoms with Gasteiger partial charge in [-0.25, -0.2) is 9.97 Å². The molecule has 0 saturated carbocycles. The number of carbonyl (C=O) groups is 1. The average molecular weight is 403 g/mol. The van der Waals surface area contributed by atoms with Gasteiger partial charge in [-0.3, -0.25) is 19.1 Å². The first kappa shape index (κ1) is 19.0. The lowest BCUT2D eigenvalue weighted by molar-refractivity contribution is -0.141. The number of likely N-dealkylation sites (tertiary alicyclic amines) is 1. The molecule has 0 bridgehead atoms. The van der Waals surface area contributed by atoms with E-state index in [2.05, 4.69) is 15.0 Å². The van der Waals surface area contributed by atoms with E-state index < -0.39 is 11.9 Å². The number of halogens is 3. The molecule has 0 atom stereocenters. The van der Waals surface area contributed by atoms with Gasteiger partial charge in [-0.1, -0.05) is 0 Å². The van der Waals surface area contributed by atoms with Crippen LogP contribution in [0.1, 0.15) is 34.9 Å². The lowest BCUT2D eigenvalue weighted by Gasteiger charge is -2.32. The van der Waals surface area contributed by atoms with Crippen molar-refractivity contribution in [2.24, 2.45) is 0 Å². The molecule has 1 amide bonds. The fourth-order valence-electron chi connectivity index (χ4n) is 3.45. The van der Waals surface area contributed by atoms with Gasteiger partial charge in [-0.2, -0.15) is 13.2 Å². The van der Waals surface area contributed by atoms with Crippen molar-refractivity contribution in [3.63, 3.8) is 0 Å². The Balaban J connectivity index is 1.46. The predicted molar refractivity (Wildman–Crippen MR) is 97.2 cm³/mol. The van der Waals surface area contributed by atoms with Crippen LogP contribution in [0.2, 0.25) is 0 Å². The van der Waals surface area contributed by atoms with Crippen molar-refractivity contribution in [1.29, 1.82) is 0 Å². The molecule has 0 radical (unpaired) electrons. The van der Waals surface area contributed by atoms with Crippen molar-refractivity contribution in [2.45, 2.75) is 25.1 Å². The fraction of sp³-hybridized carbons (Fsp3) is 0.316. The van der Waals surface area contributed by atoms with Crippen LogP contribution in [0.25, 0.3) is 11.0 Å². The van der Waals surface area contributed by atoms with Gasteiger partial charge < -0.3 is 4.90 Å². The van der Waals surface area contributed by atoms with Crippen LogP contribution in [0, 0.1) is 0 Å². The molecular weight excluding hydrogens is 387 g/mol. The SMILES string of the molecule is O=C(c1ccc(C(F)(F)F)nc1)N1CCC(n2cnc3ncccc3c2=O)CC1. The Morgan fingerprint density at radius 3 is 2.48 bits per heavy atom. The third-order valence-corrected chi connectivity index (χ3v) is 5.00. The Labute approximate surface area is 162 Å². The molecule has 0 spiro atoms. The van der Waals surface area contributed by atoms with E-state index in [4.69, 9.17) is 0 Å². The van der Waals surface area contributed by atoms with E-state index in [1.165, 1.54) is 6.33 Å². The van der Waals surface area contributed by atoms with Gasteiger partial charge in [0.1, 0.15) is 12.0 Å². The van der Waals surface area contributed by atoms with Crippen molar-refractivity contribution in [1.82, 2.24) is 24.4 Å². The molecule has 3 aromatic rings. The minimum Gasteiger partial charge on any atom is -0.338 e. The Hall–Kier alpha value is -3.30. The van der Waals surface area contributed by atoms with E-state index >= 15 is 0 Å². The molecule has 1 saturated heterocycles. The summed E-state index contributed by atoms with van der Waals surface area (Å²) in [5.41, 5.74) is -0.728. The lowest BCUT2D eigenvalue weighted by atomic mass is 10.0. The van der Waals surface area contributed by atoms with Gasteiger partial charge in [-0.15, -0.1) is 0 Å². The topological polar surface area (TPSA) is 81.0 Å². The molecule has 4 rings (SSSR count). The molecule has 29 heavy (non-hydrogen) atoms. The highest BCUT2D eigenvalue weighted by Crippen LogP contribution is 2.28. The Bertz CT molecular complexity index is 1100. The Kier molecular flexibility index (Phi) is 4.77. The highest BCUT2D eigenvalue weighted by atomic mass is 19.4. The highest BCUT2D eigenvalue weighted by Gasteiger charge is 2.33. The standard InChI is InChI=1S/C19H16F3N5O2/c20-19(21,22)15-4-3-12(10-24-15)17(28)26-8-5-13(6-9-26)27-11-25-16-14(18(27)29)2-1-7-23-16/h1-4,7,10-11,13H,5-6,8-9H2. The second-order valence-corrected chi connectivity index (χ2v) is 6.78. The van der Waals surface area contributed by atoms with Gasteiger partial charge >= 0.3 is 6.18 Å². The summed E-state index contributed by atoms with van der Waals surface area (Å²) in [4.78, 5) is 38.4. The number of rotatable bonds is 2. The number of amides is 1. The summed E-state index contributed by atoms with van der Waals surface area (Å²) in [5.74, 6) is -0.377. The maximum absolute atomic E-state index is 12.7. The molecule has 7 nitrogen and oxygen atoms in total. The van der Waals surface area contributed by atoms with Gasteiger partial charge in [0.05, 0.1) is 10.9 Å². The predicted octanol–water partition coefficient (Wildman–Crippen LogP) is 2.68. The number of carbonyl (C=O) groups excluding carboxylic acids is 1. The van der Waals surface area contributed by atoms with E-state index in [1.807, 2.05) is 0 Å². The van der Waals surface area contributed by atoms with Crippen molar-refractivity contribution in [3.05, 3.63) is 64.6 Å². The van der Waals surface area contributed by atoms with E-state index in [0.717, 1.165) is 18.3 Å². The third-order valence-electron chi connectivity index (χ3n) is 5.00. The van der Waals surface area contributed by atoms with Crippen LogP contribution in [-0.2, 0) is 6.18 Å². The summed E-state index contributed by atoms with van der Waals surface area (Å²) in [6, 6.07) is 5.16. The molecule has 0 N–H and O–H groups in total. The zero-order chi connectivity index (χ0) is 20.6. The van der Waals surface area contributed by atoms with Gasteiger partial charge in [-0.05, 0) is 37.1 Å². The molecule has 10 heteroatoms. The summed E-state index contributed by atoms with van der Waals surface area (Å²) in [6.07, 6.45) is 0.512. The van der Waals surface area contributed by atoms with E-state index in [-0.39, 0.29) is 23.1 Å². The first-order valence-electron chi connectivity index (χ1n) is 8.99. The van der Waals surface area contributed by atoms with Crippen LogP contribution in [0.3, 0.4) is 0 Å². The second kappa shape index (κ2) is 7.26. The Morgan fingerprint density at radius 2 is 1.83 bits per heavy atom. The molecule has 3 aromatic heterocycles. The third kappa shape index (κ3) is 3.69. The van der Waals surface area contributed by atoms with Gasteiger partial charge in [0.25, 0.3) is 11.5 Å². The van der Waals surface area contributed by atoms with Crippen LogP contribution in [-0.4, -0.2) is 43.4 Å². The maximum Gasteiger partial charge on any atom is 0.433 e. The second-order valence-electron chi connectivity index (χ2n) is 6.78. The molecule has 1 aliphatic rings. The fourth-order valence-corrected chi connectivity index (χ4v) is 3.45. The molecule has 1 aliphatic heterocycles. The van der Waals surface area contributed by atoms with Crippen molar-refractivity contribution < 1.29 is 18.0 Å². The quantitative estimate of drug-likeness (QED) is 0.657. The molecule has 150 valence electrons. The van der Waals surface area contributed by atoms with E-state index in [1.54, 1.807) is 27.8 Å². The monoisotopic (exact) mass is 403 g/mol. The number of aromatic nitrogens is 4. The number of alkyl halides is 3. The molecule has 0 unspecified atom stereocenters. The van der Waals surface area contributed by atoms with Gasteiger partial charge in [0, 0.05) is 31.5 Å². The maximum atomic E-state index is 12.7. The van der Waals surface area contributed by atoms with Crippen molar-refractivity contribution in [2.75, 3.05) is 13.1 Å². The highest BCUT2D eigenvalue weighted by molar-refractivity contribution is 5.94. The number of pyridine rings is 2. The molecule has 0 aliphatic carbocycles. The summed E-state index contributed by atoms with van der Waals surface area (Å²) in [7, 11) is 0. The number of piperidine rings is 1. The smallest absolute Gasteiger partial charge is 0.338 e. The molecule has 1 fully saturated rings. The van der Waals surface area contributed by atoms with Crippen LogP contribution in [0.5, 0.6) is 0 Å². The summed E-state index contributed by atoms with van der Waals surface area (Å²) < 4.78 is 39.4. The van der Waals surface area contributed by atoms with Crippen LogP contribution < -0.4 is 5.56 Å². The Morgan fingerprint density at radius 1 is 1.07 bits per heavy atom. The van der Waals surface area contributed by atoms with E-state index in [0.29, 0.717) is 37.0 Å². The van der Waals surface area contributed by atoms with Gasteiger partial charge in [0.2, 0.25) is 0 Å². The number of hydrogen-bond acceptors (Lipinski definition) is 5. The van der Waals surface area contributed by atoms with Crippen molar-refractivity contribution in [3.8, 4) is 0 Å². The number of fused-ring (bicyclic) bond motifs is 1. The minimum absolute atomic E-state index is 0.104. The number of hydrogen-bond donors (Lipinski definition) is 0. The first-order valence-corrected chi connectivity index (χ1v) is 8.99. The summed E-state index contributed by atoms with van der Waals surface area (Å²) >= 11 is 0. The number of nitrogens with zero attached hydrogens (tertiary/aromatic N) is 5. The first-order chi connectivity index (χ1) is 13.8.